The van der Waals surface area contributed by atoms with Crippen LogP contribution < -0.4 is 11.3 Å². The molecule has 1 saturated heterocycles. The van der Waals surface area contributed by atoms with Gasteiger partial charge in [-0.3, -0.25) is 10.5 Å². The maximum absolute atomic E-state index is 6.31. The van der Waals surface area contributed by atoms with E-state index in [0.29, 0.717) is 5.02 Å². The van der Waals surface area contributed by atoms with Gasteiger partial charge in [0, 0.05) is 11.3 Å². The Kier molecular flexibility index (Phi) is 4.59. The highest BCUT2D eigenvalue weighted by Gasteiger charge is 2.40. The minimum atomic E-state index is 0.0477. The van der Waals surface area contributed by atoms with Crippen LogP contribution in [0.3, 0.4) is 0 Å². The number of aryl methyl sites for hydroxylation is 1. The minimum absolute atomic E-state index is 0.0477. The monoisotopic (exact) mass is 288 g/mol. The molecule has 0 aromatic carbocycles. The van der Waals surface area contributed by atoms with Gasteiger partial charge in [-0.25, -0.2) is 5.43 Å². The zero-order valence-corrected chi connectivity index (χ0v) is 12.5. The van der Waals surface area contributed by atoms with E-state index in [9.17, 15) is 0 Å². The molecule has 0 amide bonds. The van der Waals surface area contributed by atoms with Crippen molar-refractivity contribution >= 4 is 23.4 Å². The fraction of sp³-hybridized carbons (Fsp3) is 0.750. The number of hydrogen-bond donors (Lipinski definition) is 2. The number of hydrogen-bond acceptors (Lipinski definition) is 4. The van der Waals surface area contributed by atoms with Gasteiger partial charge in [0.05, 0.1) is 23.0 Å². The standard InChI is InChI=1S/C12H21ClN4S/c1-3-6-17-10(9(13)8-15-17)11(16-14)12(2)5-4-7-18-12/h8,11,16H,3-7,14H2,1-2H3. The SMILES string of the molecule is CCCn1ncc(Cl)c1C(NN)C1(C)CCCS1. The first-order valence-electron chi connectivity index (χ1n) is 6.43. The summed E-state index contributed by atoms with van der Waals surface area (Å²) in [5.74, 6) is 6.99. The molecule has 1 aromatic heterocycles. The van der Waals surface area contributed by atoms with Crippen LogP contribution in [0.5, 0.6) is 0 Å². The van der Waals surface area contributed by atoms with Crippen molar-refractivity contribution in [3.63, 3.8) is 0 Å². The Morgan fingerprint density at radius 1 is 1.72 bits per heavy atom. The van der Waals surface area contributed by atoms with Gasteiger partial charge in [-0.15, -0.1) is 0 Å². The third-order valence-electron chi connectivity index (χ3n) is 3.57. The van der Waals surface area contributed by atoms with E-state index >= 15 is 0 Å². The van der Waals surface area contributed by atoms with Crippen LogP contribution in [0.1, 0.15) is 44.8 Å². The molecule has 0 radical (unpaired) electrons. The highest BCUT2D eigenvalue weighted by atomic mass is 35.5. The van der Waals surface area contributed by atoms with E-state index < -0.39 is 0 Å². The third-order valence-corrected chi connectivity index (χ3v) is 5.45. The summed E-state index contributed by atoms with van der Waals surface area (Å²) in [6, 6.07) is 0.0477. The summed E-state index contributed by atoms with van der Waals surface area (Å²) in [6.45, 7) is 5.27. The van der Waals surface area contributed by atoms with Crippen LogP contribution in [-0.4, -0.2) is 20.3 Å². The Hall–Kier alpha value is -0.230. The van der Waals surface area contributed by atoms with Crippen LogP contribution in [0.2, 0.25) is 5.02 Å². The van der Waals surface area contributed by atoms with E-state index in [-0.39, 0.29) is 10.8 Å². The second-order valence-electron chi connectivity index (χ2n) is 4.97. The molecule has 3 N–H and O–H groups in total. The Labute approximate surface area is 118 Å². The molecule has 2 rings (SSSR count). The van der Waals surface area contributed by atoms with Crippen LogP contribution in [-0.2, 0) is 6.54 Å². The third kappa shape index (κ3) is 2.54. The van der Waals surface area contributed by atoms with Gasteiger partial charge < -0.3 is 0 Å². The van der Waals surface area contributed by atoms with Crippen LogP contribution in [0.25, 0.3) is 0 Å². The van der Waals surface area contributed by atoms with E-state index in [2.05, 4.69) is 24.4 Å². The normalized spacial score (nSPS) is 25.6. The topological polar surface area (TPSA) is 55.9 Å². The first-order chi connectivity index (χ1) is 8.62. The van der Waals surface area contributed by atoms with Crippen LogP contribution in [0.15, 0.2) is 6.20 Å². The zero-order valence-electron chi connectivity index (χ0n) is 10.9. The Morgan fingerprint density at radius 3 is 3.06 bits per heavy atom. The molecule has 18 heavy (non-hydrogen) atoms. The largest absolute Gasteiger partial charge is 0.271 e. The number of halogens is 1. The van der Waals surface area contributed by atoms with E-state index in [0.717, 1.165) is 25.1 Å². The quantitative estimate of drug-likeness (QED) is 0.646. The second kappa shape index (κ2) is 5.82. The van der Waals surface area contributed by atoms with Crippen LogP contribution in [0.4, 0.5) is 0 Å². The number of aromatic nitrogens is 2. The van der Waals surface area contributed by atoms with Crippen molar-refractivity contribution in [3.05, 3.63) is 16.9 Å². The molecular formula is C12H21ClN4S. The summed E-state index contributed by atoms with van der Waals surface area (Å²) in [6.07, 6.45) is 5.14. The lowest BCUT2D eigenvalue weighted by molar-refractivity contribution is 0.389. The van der Waals surface area contributed by atoms with Crippen LogP contribution in [0, 0.1) is 0 Å². The number of nitrogens with two attached hydrogens (primary N) is 1. The van der Waals surface area contributed by atoms with Crippen molar-refractivity contribution in [2.24, 2.45) is 5.84 Å². The van der Waals surface area contributed by atoms with Gasteiger partial charge in [0.2, 0.25) is 0 Å². The molecule has 1 aromatic rings. The molecule has 0 spiro atoms. The molecule has 6 heteroatoms. The minimum Gasteiger partial charge on any atom is -0.271 e. The highest BCUT2D eigenvalue weighted by molar-refractivity contribution is 8.00. The molecule has 102 valence electrons. The lowest BCUT2D eigenvalue weighted by Gasteiger charge is -2.33. The van der Waals surface area contributed by atoms with E-state index in [1.165, 1.54) is 12.2 Å². The lowest BCUT2D eigenvalue weighted by atomic mass is 9.94. The predicted octanol–water partition coefficient (Wildman–Crippen LogP) is 2.74. The molecule has 2 unspecified atom stereocenters. The van der Waals surface area contributed by atoms with Gasteiger partial charge in [-0.05, 0) is 31.9 Å². The van der Waals surface area contributed by atoms with Crippen LogP contribution >= 0.6 is 23.4 Å². The molecule has 1 fully saturated rings. The lowest BCUT2D eigenvalue weighted by Crippen LogP contribution is -2.42. The average molecular weight is 289 g/mol. The van der Waals surface area contributed by atoms with Crippen molar-refractivity contribution in [3.8, 4) is 0 Å². The first kappa shape index (κ1) is 14.2. The predicted molar refractivity (Wildman–Crippen MR) is 77.7 cm³/mol. The van der Waals surface area contributed by atoms with Gasteiger partial charge in [0.15, 0.2) is 0 Å². The molecular weight excluding hydrogens is 268 g/mol. The molecule has 0 bridgehead atoms. The second-order valence-corrected chi connectivity index (χ2v) is 7.00. The number of nitrogens with one attached hydrogen (secondary N) is 1. The van der Waals surface area contributed by atoms with Gasteiger partial charge in [-0.1, -0.05) is 18.5 Å². The highest BCUT2D eigenvalue weighted by Crippen LogP contribution is 2.47. The maximum atomic E-state index is 6.31. The Balaban J connectivity index is 2.34. The van der Waals surface area contributed by atoms with Crippen molar-refractivity contribution in [2.45, 2.75) is 50.4 Å². The summed E-state index contributed by atoms with van der Waals surface area (Å²) in [4.78, 5) is 0. The molecule has 0 saturated carbocycles. The molecule has 0 aliphatic carbocycles. The Bertz CT molecular complexity index is 401. The molecule has 2 heterocycles. The molecule has 2 atom stereocenters. The average Bonchev–Trinajstić information content (AvgIpc) is 2.92. The molecule has 1 aliphatic rings. The summed E-state index contributed by atoms with van der Waals surface area (Å²) in [5, 5.41) is 5.07. The first-order valence-corrected chi connectivity index (χ1v) is 7.80. The fourth-order valence-electron chi connectivity index (χ4n) is 2.62. The summed E-state index contributed by atoms with van der Waals surface area (Å²) in [7, 11) is 0. The van der Waals surface area contributed by atoms with Gasteiger partial charge in [0.25, 0.3) is 0 Å². The smallest absolute Gasteiger partial charge is 0.0835 e. The maximum Gasteiger partial charge on any atom is 0.0835 e. The number of thioether (sulfide) groups is 1. The number of rotatable bonds is 5. The van der Waals surface area contributed by atoms with Gasteiger partial charge in [0.1, 0.15) is 0 Å². The van der Waals surface area contributed by atoms with E-state index in [1.807, 2.05) is 16.4 Å². The van der Waals surface area contributed by atoms with E-state index in [4.69, 9.17) is 17.4 Å². The number of hydrazine groups is 1. The van der Waals surface area contributed by atoms with Crippen molar-refractivity contribution in [2.75, 3.05) is 5.75 Å². The fourth-order valence-corrected chi connectivity index (χ4v) is 4.26. The number of nitrogens with zero attached hydrogens (tertiary/aromatic N) is 2. The van der Waals surface area contributed by atoms with Crippen molar-refractivity contribution in [1.82, 2.24) is 15.2 Å². The molecule has 1 aliphatic heterocycles. The summed E-state index contributed by atoms with van der Waals surface area (Å²) < 4.78 is 2.08. The van der Waals surface area contributed by atoms with Gasteiger partial charge in [-0.2, -0.15) is 16.9 Å². The Morgan fingerprint density at radius 2 is 2.50 bits per heavy atom. The molecule has 4 nitrogen and oxygen atoms in total. The zero-order chi connectivity index (χ0) is 13.2. The van der Waals surface area contributed by atoms with Gasteiger partial charge >= 0.3 is 0 Å². The summed E-state index contributed by atoms with van der Waals surface area (Å²) >= 11 is 8.28. The van der Waals surface area contributed by atoms with Crippen molar-refractivity contribution in [1.29, 1.82) is 0 Å². The van der Waals surface area contributed by atoms with Crippen molar-refractivity contribution < 1.29 is 0 Å². The van der Waals surface area contributed by atoms with E-state index in [1.54, 1.807) is 6.20 Å². The summed E-state index contributed by atoms with van der Waals surface area (Å²) in [5.41, 5.74) is 3.99.